The molecule has 1 saturated heterocycles. The smallest absolute Gasteiger partial charge is 0.240 e. The van der Waals surface area contributed by atoms with E-state index in [1.165, 1.54) is 29.8 Å². The predicted octanol–water partition coefficient (Wildman–Crippen LogP) is 3.21. The summed E-state index contributed by atoms with van der Waals surface area (Å²) in [5.41, 5.74) is 1.27. The van der Waals surface area contributed by atoms with Gasteiger partial charge in [0.15, 0.2) is 11.6 Å². The summed E-state index contributed by atoms with van der Waals surface area (Å²) < 4.78 is 46.9. The highest BCUT2D eigenvalue weighted by atomic mass is 32.2. The highest BCUT2D eigenvalue weighted by molar-refractivity contribution is 7.89. The van der Waals surface area contributed by atoms with Gasteiger partial charge in [-0.1, -0.05) is 0 Å². The number of piperazine rings is 1. The second-order valence-corrected chi connectivity index (χ2v) is 11.3. The van der Waals surface area contributed by atoms with Crippen molar-refractivity contribution in [1.82, 2.24) is 14.6 Å². The summed E-state index contributed by atoms with van der Waals surface area (Å²) in [6.07, 6.45) is 7.79. The maximum atomic E-state index is 13.1. The summed E-state index contributed by atoms with van der Waals surface area (Å²) >= 11 is 0. The Kier molecular flexibility index (Phi) is 7.04. The zero-order chi connectivity index (χ0) is 23.5. The van der Waals surface area contributed by atoms with E-state index >= 15 is 0 Å². The monoisotopic (exact) mass is 488 g/mol. The molecule has 3 aliphatic rings. The molecule has 0 spiro atoms. The van der Waals surface area contributed by atoms with Gasteiger partial charge in [-0.15, -0.1) is 0 Å². The molecule has 0 radical (unpaired) electrons. The van der Waals surface area contributed by atoms with Crippen molar-refractivity contribution in [2.24, 2.45) is 5.92 Å². The number of aromatic nitrogens is 1. The maximum Gasteiger partial charge on any atom is 0.240 e. The standard InChI is InChI=1S/C25H33FN4O3S/c26-21-3-7-23(8-4-21)34(31,32)28-22-5-1-19(2-6-22)10-13-29-14-16-30(17-15-29)25-24-20(9-12-27-25)11-18-33-24/h3-4,7-9,12,19,22,28H,1-2,5-6,10-11,13-18H2. The molecule has 1 saturated carbocycles. The third kappa shape index (κ3) is 5.37. The predicted molar refractivity (Wildman–Crippen MR) is 129 cm³/mol. The van der Waals surface area contributed by atoms with Crippen LogP contribution in [0.3, 0.4) is 0 Å². The zero-order valence-corrected chi connectivity index (χ0v) is 20.3. The molecule has 0 amide bonds. The van der Waals surface area contributed by atoms with Crippen molar-refractivity contribution in [1.29, 1.82) is 0 Å². The van der Waals surface area contributed by atoms with Crippen LogP contribution in [0, 0.1) is 11.7 Å². The summed E-state index contributed by atoms with van der Waals surface area (Å²) in [4.78, 5) is 9.59. The summed E-state index contributed by atoms with van der Waals surface area (Å²) in [5, 5.41) is 0. The molecule has 1 N–H and O–H groups in total. The van der Waals surface area contributed by atoms with Crippen LogP contribution in [-0.4, -0.2) is 63.7 Å². The Morgan fingerprint density at radius 2 is 1.76 bits per heavy atom. The van der Waals surface area contributed by atoms with E-state index in [1.807, 2.05) is 6.20 Å². The first kappa shape index (κ1) is 23.5. The van der Waals surface area contributed by atoms with Crippen LogP contribution in [0.2, 0.25) is 0 Å². The van der Waals surface area contributed by atoms with Gasteiger partial charge in [-0.3, -0.25) is 4.90 Å². The van der Waals surface area contributed by atoms with Gasteiger partial charge in [0.2, 0.25) is 10.0 Å². The number of halogens is 1. The van der Waals surface area contributed by atoms with Crippen LogP contribution in [0.5, 0.6) is 5.75 Å². The normalized spacial score (nSPS) is 23.5. The van der Waals surface area contributed by atoms with E-state index in [0.29, 0.717) is 5.92 Å². The molecule has 0 unspecified atom stereocenters. The molecule has 1 aliphatic carbocycles. The van der Waals surface area contributed by atoms with Gasteiger partial charge < -0.3 is 9.64 Å². The number of ether oxygens (including phenoxy) is 1. The number of sulfonamides is 1. The molecular formula is C25H33FN4O3S. The topological polar surface area (TPSA) is 74.8 Å². The van der Waals surface area contributed by atoms with E-state index in [-0.39, 0.29) is 10.9 Å². The fourth-order valence-corrected chi connectivity index (χ4v) is 6.64. The number of benzene rings is 1. The molecule has 1 aromatic heterocycles. The molecular weight excluding hydrogens is 455 g/mol. The van der Waals surface area contributed by atoms with Crippen molar-refractivity contribution in [2.45, 2.75) is 49.5 Å². The number of fused-ring (bicyclic) bond motifs is 1. The van der Waals surface area contributed by atoms with Crippen LogP contribution in [0.15, 0.2) is 41.4 Å². The van der Waals surface area contributed by atoms with Gasteiger partial charge in [0, 0.05) is 50.4 Å². The maximum absolute atomic E-state index is 13.1. The van der Waals surface area contributed by atoms with Crippen molar-refractivity contribution in [3.63, 3.8) is 0 Å². The minimum absolute atomic E-state index is 0.0443. The Morgan fingerprint density at radius 3 is 2.50 bits per heavy atom. The number of nitrogens with zero attached hydrogens (tertiary/aromatic N) is 3. The molecule has 184 valence electrons. The lowest BCUT2D eigenvalue weighted by molar-refractivity contribution is 0.214. The molecule has 9 heteroatoms. The minimum Gasteiger partial charge on any atom is -0.489 e. The molecule has 7 nitrogen and oxygen atoms in total. The Bertz CT molecular complexity index is 1080. The number of anilines is 1. The van der Waals surface area contributed by atoms with Crippen molar-refractivity contribution in [2.75, 3.05) is 44.2 Å². The van der Waals surface area contributed by atoms with Crippen LogP contribution in [-0.2, 0) is 16.4 Å². The molecule has 2 aromatic rings. The molecule has 5 rings (SSSR count). The van der Waals surface area contributed by atoms with E-state index < -0.39 is 15.8 Å². The van der Waals surface area contributed by atoms with E-state index in [0.717, 1.165) is 89.4 Å². The number of hydrogen-bond donors (Lipinski definition) is 1. The van der Waals surface area contributed by atoms with E-state index in [2.05, 4.69) is 25.6 Å². The highest BCUT2D eigenvalue weighted by Crippen LogP contribution is 2.34. The quantitative estimate of drug-likeness (QED) is 0.645. The highest BCUT2D eigenvalue weighted by Gasteiger charge is 2.28. The van der Waals surface area contributed by atoms with Gasteiger partial charge in [0.25, 0.3) is 0 Å². The number of rotatable bonds is 7. The Labute approximate surface area is 201 Å². The first-order valence-corrected chi connectivity index (χ1v) is 13.8. The lowest BCUT2D eigenvalue weighted by atomic mass is 9.84. The first-order valence-electron chi connectivity index (χ1n) is 12.3. The first-order chi connectivity index (χ1) is 16.5. The van der Waals surface area contributed by atoms with Gasteiger partial charge in [0.05, 0.1) is 11.5 Å². The largest absolute Gasteiger partial charge is 0.489 e. The fraction of sp³-hybridized carbons (Fsp3) is 0.560. The van der Waals surface area contributed by atoms with Gasteiger partial charge in [-0.25, -0.2) is 22.5 Å². The molecule has 2 fully saturated rings. The lowest BCUT2D eigenvalue weighted by Gasteiger charge is -2.37. The van der Waals surface area contributed by atoms with Gasteiger partial charge in [-0.05, 0) is 74.9 Å². The van der Waals surface area contributed by atoms with Crippen LogP contribution in [0.4, 0.5) is 10.2 Å². The van der Waals surface area contributed by atoms with Crippen LogP contribution in [0.25, 0.3) is 0 Å². The second kappa shape index (κ2) is 10.2. The summed E-state index contributed by atoms with van der Waals surface area (Å²) in [6.45, 7) is 5.82. The minimum atomic E-state index is -3.60. The lowest BCUT2D eigenvalue weighted by Crippen LogP contribution is -2.47. The summed E-state index contributed by atoms with van der Waals surface area (Å²) in [6, 6.07) is 7.01. The van der Waals surface area contributed by atoms with Crippen molar-refractivity contribution < 1.29 is 17.5 Å². The Balaban J connectivity index is 1.04. The SMILES string of the molecule is O=S(=O)(NC1CCC(CCN2CCN(c3nccc4c3OCC4)CC2)CC1)c1ccc(F)cc1. The van der Waals surface area contributed by atoms with Crippen LogP contribution in [0.1, 0.15) is 37.7 Å². The van der Waals surface area contributed by atoms with E-state index in [1.54, 1.807) is 0 Å². The van der Waals surface area contributed by atoms with Gasteiger partial charge in [0.1, 0.15) is 5.82 Å². The molecule has 0 atom stereocenters. The Hall–Kier alpha value is -2.23. The van der Waals surface area contributed by atoms with E-state index in [4.69, 9.17) is 4.74 Å². The van der Waals surface area contributed by atoms with E-state index in [9.17, 15) is 12.8 Å². The number of pyridine rings is 1. The molecule has 2 aliphatic heterocycles. The van der Waals surface area contributed by atoms with Crippen LogP contribution < -0.4 is 14.4 Å². The summed E-state index contributed by atoms with van der Waals surface area (Å²) in [7, 11) is -3.60. The third-order valence-corrected chi connectivity index (χ3v) is 8.94. The fourth-order valence-electron chi connectivity index (χ4n) is 5.34. The number of nitrogens with one attached hydrogen (secondary N) is 1. The van der Waals surface area contributed by atoms with Crippen molar-refractivity contribution in [3.8, 4) is 5.75 Å². The van der Waals surface area contributed by atoms with Crippen LogP contribution >= 0.6 is 0 Å². The van der Waals surface area contributed by atoms with Gasteiger partial charge in [-0.2, -0.15) is 0 Å². The molecule has 3 heterocycles. The third-order valence-electron chi connectivity index (χ3n) is 7.40. The average molecular weight is 489 g/mol. The second-order valence-electron chi connectivity index (χ2n) is 9.63. The average Bonchev–Trinajstić information content (AvgIpc) is 3.33. The molecule has 0 bridgehead atoms. The molecule has 1 aromatic carbocycles. The zero-order valence-electron chi connectivity index (χ0n) is 19.5. The summed E-state index contributed by atoms with van der Waals surface area (Å²) in [5.74, 6) is 2.17. The van der Waals surface area contributed by atoms with Crippen molar-refractivity contribution >= 4 is 15.8 Å². The van der Waals surface area contributed by atoms with Gasteiger partial charge >= 0.3 is 0 Å². The Morgan fingerprint density at radius 1 is 1.03 bits per heavy atom. The van der Waals surface area contributed by atoms with Crippen molar-refractivity contribution in [3.05, 3.63) is 47.9 Å². The molecule has 34 heavy (non-hydrogen) atoms. The number of hydrogen-bond acceptors (Lipinski definition) is 6.